The van der Waals surface area contributed by atoms with Crippen LogP contribution in [0.15, 0.2) is 84.9 Å². The summed E-state index contributed by atoms with van der Waals surface area (Å²) in [5.74, 6) is 2.05. The molecule has 6 nitrogen and oxygen atoms in total. The molecule has 1 fully saturated rings. The van der Waals surface area contributed by atoms with Crippen LogP contribution in [0.4, 0.5) is 11.4 Å². The fourth-order valence-corrected chi connectivity index (χ4v) is 10.6. The Morgan fingerprint density at radius 1 is 0.534 bits per heavy atom. The van der Waals surface area contributed by atoms with E-state index in [1.165, 1.54) is 55.9 Å². The van der Waals surface area contributed by atoms with Gasteiger partial charge in [-0.05, 0) is 109 Å². The van der Waals surface area contributed by atoms with Gasteiger partial charge in [-0.25, -0.2) is 0 Å². The molecule has 0 N–H and O–H groups in total. The molecule has 0 aromatic heterocycles. The zero-order valence-electron chi connectivity index (χ0n) is 37.1. The molecular weight excluding hydrogens is 713 g/mol. The van der Waals surface area contributed by atoms with Crippen molar-refractivity contribution in [2.24, 2.45) is 0 Å². The van der Waals surface area contributed by atoms with E-state index in [-0.39, 0.29) is 21.7 Å². The van der Waals surface area contributed by atoms with E-state index in [1.54, 1.807) is 0 Å². The van der Waals surface area contributed by atoms with Crippen molar-refractivity contribution in [1.29, 1.82) is 0 Å². The van der Waals surface area contributed by atoms with E-state index in [4.69, 9.17) is 9.47 Å². The van der Waals surface area contributed by atoms with Crippen molar-refractivity contribution in [3.05, 3.63) is 129 Å². The molecule has 6 heteroatoms. The van der Waals surface area contributed by atoms with Crippen molar-refractivity contribution in [2.75, 3.05) is 50.1 Å². The predicted octanol–water partition coefficient (Wildman–Crippen LogP) is 10.7. The minimum Gasteiger partial charge on any atom is -0.462 e. The molecule has 2 unspecified atom stereocenters. The second kappa shape index (κ2) is 13.0. The van der Waals surface area contributed by atoms with E-state index in [9.17, 15) is 0 Å². The first-order chi connectivity index (χ1) is 27.3. The van der Waals surface area contributed by atoms with Gasteiger partial charge in [-0.1, -0.05) is 90.1 Å². The third-order valence-electron chi connectivity index (χ3n) is 14.5. The molecule has 5 aliphatic heterocycles. The van der Waals surface area contributed by atoms with Crippen LogP contribution in [0.25, 0.3) is 12.2 Å². The maximum atomic E-state index is 7.38. The first-order valence-electron chi connectivity index (χ1n) is 21.5. The van der Waals surface area contributed by atoms with E-state index in [0.717, 1.165) is 50.8 Å². The van der Waals surface area contributed by atoms with Crippen molar-refractivity contribution >= 4 is 23.5 Å². The molecule has 0 aliphatic carbocycles. The summed E-state index contributed by atoms with van der Waals surface area (Å²) in [7, 11) is 4.37. The summed E-state index contributed by atoms with van der Waals surface area (Å²) in [6.45, 7) is 28.9. The number of nitrogens with zero attached hydrogens (tertiary/aromatic N) is 4. The number of likely N-dealkylation sites (N-methyl/N-ethyl adjacent to an activating group) is 2. The van der Waals surface area contributed by atoms with Crippen LogP contribution in [0.2, 0.25) is 0 Å². The van der Waals surface area contributed by atoms with Crippen LogP contribution in [0, 0.1) is 0 Å². The molecule has 4 aromatic carbocycles. The van der Waals surface area contributed by atoms with E-state index in [2.05, 4.69) is 200 Å². The number of ether oxygens (including phenoxy) is 2. The molecule has 58 heavy (non-hydrogen) atoms. The molecule has 0 bridgehead atoms. The summed E-state index contributed by atoms with van der Waals surface area (Å²) >= 11 is 0. The number of piperazine rings is 1. The summed E-state index contributed by atoms with van der Waals surface area (Å²) in [5, 5.41) is 0. The second-order valence-electron chi connectivity index (χ2n) is 20.8. The van der Waals surface area contributed by atoms with Crippen molar-refractivity contribution in [3.8, 4) is 11.5 Å². The van der Waals surface area contributed by atoms with Crippen LogP contribution in [0.3, 0.4) is 0 Å². The van der Waals surface area contributed by atoms with Crippen molar-refractivity contribution in [1.82, 2.24) is 9.80 Å². The molecule has 9 rings (SSSR count). The third-order valence-corrected chi connectivity index (χ3v) is 14.5. The molecule has 304 valence electrons. The summed E-state index contributed by atoms with van der Waals surface area (Å²) in [5.41, 5.74) is 11.1. The molecule has 5 aliphatic rings. The van der Waals surface area contributed by atoms with E-state index in [0.29, 0.717) is 0 Å². The van der Waals surface area contributed by atoms with E-state index < -0.39 is 11.4 Å². The Bertz CT molecular complexity index is 2180. The molecule has 0 amide bonds. The Kier molecular flexibility index (Phi) is 8.73. The fraction of sp³-hybridized carbons (Fsp3) is 0.462. The van der Waals surface area contributed by atoms with E-state index in [1.807, 2.05) is 0 Å². The molecule has 1 saturated heterocycles. The van der Waals surface area contributed by atoms with Gasteiger partial charge in [-0.3, -0.25) is 9.80 Å². The zero-order valence-corrected chi connectivity index (χ0v) is 37.1. The minimum absolute atomic E-state index is 0.0208. The average molecular weight is 777 g/mol. The zero-order chi connectivity index (χ0) is 41.2. The highest BCUT2D eigenvalue weighted by Gasteiger charge is 2.59. The van der Waals surface area contributed by atoms with Crippen LogP contribution in [-0.4, -0.2) is 61.5 Å². The molecule has 2 spiro atoms. The Morgan fingerprint density at radius 2 is 0.897 bits per heavy atom. The molecule has 4 aromatic rings. The highest BCUT2D eigenvalue weighted by Crippen LogP contribution is 2.56. The number of para-hydroxylation sites is 2. The number of rotatable bonds is 4. The van der Waals surface area contributed by atoms with Gasteiger partial charge in [0.25, 0.3) is 0 Å². The van der Waals surface area contributed by atoms with Crippen LogP contribution in [0.5, 0.6) is 11.5 Å². The standard InChI is InChI=1S/C52H64N4O2/c1-47(2,3)39-29-35-21-23-51(49(7,8)41-17-13-15-19-43(41)53(51)11)57-45(35)37(31-39)33-55-25-27-56(28-26-55)34-38-32-40(48(4,5)6)30-36-22-24-52(58-46(36)38)50(9,10)42-18-14-16-20-44(42)54(52)12/h13-24,29-32H,25-28,33-34H2,1-12H3. The van der Waals surface area contributed by atoms with E-state index >= 15 is 0 Å². The lowest BCUT2D eigenvalue weighted by Crippen LogP contribution is -2.58. The molecule has 0 saturated carbocycles. The normalized spacial score (nSPS) is 24.4. The maximum Gasteiger partial charge on any atom is 0.211 e. The summed E-state index contributed by atoms with van der Waals surface area (Å²) in [4.78, 5) is 9.96. The lowest BCUT2D eigenvalue weighted by atomic mass is 9.76. The highest BCUT2D eigenvalue weighted by molar-refractivity contribution is 5.75. The fourth-order valence-electron chi connectivity index (χ4n) is 10.6. The largest absolute Gasteiger partial charge is 0.462 e. The summed E-state index contributed by atoms with van der Waals surface area (Å²) in [6.07, 6.45) is 9.28. The third kappa shape index (κ3) is 5.72. The molecule has 2 atom stereocenters. The smallest absolute Gasteiger partial charge is 0.211 e. The monoisotopic (exact) mass is 777 g/mol. The highest BCUT2D eigenvalue weighted by atomic mass is 16.5. The van der Waals surface area contributed by atoms with Gasteiger partial charge >= 0.3 is 0 Å². The van der Waals surface area contributed by atoms with Crippen LogP contribution < -0.4 is 19.3 Å². The van der Waals surface area contributed by atoms with Gasteiger partial charge in [0.05, 0.1) is 10.8 Å². The Hall–Kier alpha value is -4.52. The molecule has 5 heterocycles. The average Bonchev–Trinajstić information content (AvgIpc) is 3.44. The lowest BCUT2D eigenvalue weighted by Gasteiger charge is -2.47. The predicted molar refractivity (Wildman–Crippen MR) is 241 cm³/mol. The van der Waals surface area contributed by atoms with Gasteiger partial charge < -0.3 is 19.3 Å². The van der Waals surface area contributed by atoms with Crippen molar-refractivity contribution in [3.63, 3.8) is 0 Å². The minimum atomic E-state index is -0.609. The van der Waals surface area contributed by atoms with Crippen molar-refractivity contribution in [2.45, 2.75) is 115 Å². The van der Waals surface area contributed by atoms with Gasteiger partial charge in [-0.2, -0.15) is 0 Å². The van der Waals surface area contributed by atoms with Gasteiger partial charge in [0.2, 0.25) is 11.4 Å². The number of hydrogen-bond donors (Lipinski definition) is 0. The quantitative estimate of drug-likeness (QED) is 0.205. The number of hydrogen-bond acceptors (Lipinski definition) is 6. The van der Waals surface area contributed by atoms with Crippen LogP contribution in [0.1, 0.15) is 114 Å². The maximum absolute atomic E-state index is 7.38. The Morgan fingerprint density at radius 3 is 1.24 bits per heavy atom. The number of anilines is 2. The number of fused-ring (bicyclic) bond motifs is 4. The van der Waals surface area contributed by atoms with Crippen LogP contribution >= 0.6 is 0 Å². The molecular formula is C52H64N4O2. The summed E-state index contributed by atoms with van der Waals surface area (Å²) in [6, 6.07) is 27.1. The Balaban J connectivity index is 0.980. The Labute approximate surface area is 348 Å². The van der Waals surface area contributed by atoms with Gasteiger partial charge in [0.15, 0.2) is 0 Å². The van der Waals surface area contributed by atoms with Crippen molar-refractivity contribution < 1.29 is 9.47 Å². The van der Waals surface area contributed by atoms with Gasteiger partial charge in [0, 0.05) is 87.0 Å². The first-order valence-corrected chi connectivity index (χ1v) is 21.5. The van der Waals surface area contributed by atoms with Gasteiger partial charge in [-0.15, -0.1) is 0 Å². The van der Waals surface area contributed by atoms with Gasteiger partial charge in [0.1, 0.15) is 11.5 Å². The molecule has 0 radical (unpaired) electrons. The first kappa shape index (κ1) is 39.0. The van der Waals surface area contributed by atoms with Crippen LogP contribution in [-0.2, 0) is 34.7 Å². The second-order valence-corrected chi connectivity index (χ2v) is 20.8. The SMILES string of the molecule is CN1c2ccccc2C(C)(C)C12C=Cc1cc(C(C)(C)C)cc(CN3CCN(Cc4cc(C(C)(C)C)cc5c4OC4(C=C5)N(C)c5ccccc5C4(C)C)CC3)c1O2. The summed E-state index contributed by atoms with van der Waals surface area (Å²) < 4.78 is 14.8. The number of benzene rings is 4. The topological polar surface area (TPSA) is 31.4 Å². The lowest BCUT2D eigenvalue weighted by molar-refractivity contribution is 0.0535.